The SMILES string of the molecule is CCC1=C(CC)c2nc1cc1[nH]c(cc3[nH]c(cc4nc(n2)C(CC)=C4CC)c(C)c3CC)c(CC)c1C. The summed E-state index contributed by atoms with van der Waals surface area (Å²) in [5.74, 6) is 1.64. The van der Waals surface area contributed by atoms with Gasteiger partial charge >= 0.3 is 0 Å². The highest BCUT2D eigenvalue weighted by atomic mass is 15.0. The molecule has 38 heavy (non-hydrogen) atoms. The molecule has 0 aliphatic carbocycles. The Balaban J connectivity index is 2.01. The Labute approximate surface area is 226 Å². The van der Waals surface area contributed by atoms with Crippen molar-refractivity contribution in [2.24, 2.45) is 0 Å². The smallest absolute Gasteiger partial charge is 0.158 e. The topological polar surface area (TPSA) is 70.2 Å². The summed E-state index contributed by atoms with van der Waals surface area (Å²) < 4.78 is 0. The summed E-state index contributed by atoms with van der Waals surface area (Å²) in [4.78, 5) is 22.9. The van der Waals surface area contributed by atoms with E-state index in [1.54, 1.807) is 0 Å². The molecule has 0 atom stereocenters. The van der Waals surface area contributed by atoms with Crippen molar-refractivity contribution in [2.75, 3.05) is 0 Å². The fraction of sp³-hybridized carbons (Fsp3) is 0.424. The van der Waals surface area contributed by atoms with Crippen LogP contribution in [0.4, 0.5) is 0 Å². The van der Waals surface area contributed by atoms with Gasteiger partial charge in [-0.15, -0.1) is 0 Å². The molecule has 5 heteroatoms. The van der Waals surface area contributed by atoms with Gasteiger partial charge in [-0.3, -0.25) is 0 Å². The van der Waals surface area contributed by atoms with Crippen LogP contribution in [0.15, 0.2) is 18.2 Å². The largest absolute Gasteiger partial charge is 0.355 e. The lowest BCUT2D eigenvalue weighted by atomic mass is 10.0. The van der Waals surface area contributed by atoms with Crippen molar-refractivity contribution in [2.45, 2.75) is 93.9 Å². The average molecular weight is 508 g/mol. The number of aryl methyl sites for hydroxylation is 4. The zero-order valence-electron chi connectivity index (χ0n) is 24.3. The van der Waals surface area contributed by atoms with Crippen LogP contribution in [0.3, 0.4) is 0 Å². The number of fused-ring (bicyclic) bond motifs is 8. The van der Waals surface area contributed by atoms with Gasteiger partial charge in [0.1, 0.15) is 0 Å². The van der Waals surface area contributed by atoms with E-state index in [0.717, 1.165) is 72.6 Å². The van der Waals surface area contributed by atoms with E-state index in [9.17, 15) is 0 Å². The number of allylic oxidation sites excluding steroid dienone is 4. The number of H-pyrrole nitrogens is 2. The maximum absolute atomic E-state index is 5.15. The molecule has 0 spiro atoms. The zero-order valence-corrected chi connectivity index (χ0v) is 24.3. The Hall–Kier alpha value is -3.47. The highest BCUT2D eigenvalue weighted by molar-refractivity contribution is 5.94. The second-order valence-electron chi connectivity index (χ2n) is 10.3. The van der Waals surface area contributed by atoms with E-state index >= 15 is 0 Å². The summed E-state index contributed by atoms with van der Waals surface area (Å²) in [5, 5.41) is 0. The minimum Gasteiger partial charge on any atom is -0.355 e. The summed E-state index contributed by atoms with van der Waals surface area (Å²) in [6.45, 7) is 17.8. The van der Waals surface area contributed by atoms with Gasteiger partial charge in [0.05, 0.1) is 11.4 Å². The first-order chi connectivity index (χ1) is 18.4. The summed E-state index contributed by atoms with van der Waals surface area (Å²) in [7, 11) is 0. The maximum Gasteiger partial charge on any atom is 0.158 e. The van der Waals surface area contributed by atoms with Gasteiger partial charge in [-0.25, -0.2) is 15.0 Å². The van der Waals surface area contributed by atoms with Gasteiger partial charge in [0.25, 0.3) is 0 Å². The molecule has 0 fully saturated rings. The number of nitrogens with one attached hydrogen (secondary N) is 2. The second-order valence-corrected chi connectivity index (χ2v) is 10.3. The van der Waals surface area contributed by atoms with Crippen LogP contribution in [0.2, 0.25) is 0 Å². The van der Waals surface area contributed by atoms with Crippen LogP contribution in [0.25, 0.3) is 44.4 Å². The van der Waals surface area contributed by atoms with Crippen LogP contribution in [-0.4, -0.2) is 24.9 Å². The Morgan fingerprint density at radius 2 is 0.868 bits per heavy atom. The first-order valence-electron chi connectivity index (χ1n) is 14.4. The summed E-state index contributed by atoms with van der Waals surface area (Å²) >= 11 is 0. The van der Waals surface area contributed by atoms with Crippen molar-refractivity contribution in [3.8, 4) is 0 Å². The zero-order chi connectivity index (χ0) is 27.1. The molecular weight excluding hydrogens is 466 g/mol. The van der Waals surface area contributed by atoms with Crippen LogP contribution >= 0.6 is 0 Å². The number of nitrogens with zero attached hydrogens (tertiary/aromatic N) is 3. The van der Waals surface area contributed by atoms with Crippen LogP contribution in [0.5, 0.6) is 0 Å². The highest BCUT2D eigenvalue weighted by Crippen LogP contribution is 2.37. The first kappa shape index (κ1) is 26.1. The fourth-order valence-electron chi connectivity index (χ4n) is 6.36. The maximum atomic E-state index is 5.15. The lowest BCUT2D eigenvalue weighted by Gasteiger charge is -2.03. The molecule has 0 saturated carbocycles. The molecule has 0 unspecified atom stereocenters. The van der Waals surface area contributed by atoms with Gasteiger partial charge in [0.2, 0.25) is 0 Å². The van der Waals surface area contributed by atoms with Gasteiger partial charge < -0.3 is 9.97 Å². The number of rotatable bonds is 6. The second kappa shape index (κ2) is 10.4. The number of aromatic amines is 2. The minimum atomic E-state index is 0.822. The van der Waals surface area contributed by atoms with Crippen molar-refractivity contribution in [1.29, 1.82) is 0 Å². The average Bonchev–Trinajstić information content (AvgIpc) is 3.60. The molecule has 5 rings (SSSR count). The van der Waals surface area contributed by atoms with E-state index in [4.69, 9.17) is 15.0 Å². The summed E-state index contributed by atoms with van der Waals surface area (Å²) in [6, 6.07) is 6.77. The molecule has 8 bridgehead atoms. The molecule has 5 heterocycles. The van der Waals surface area contributed by atoms with E-state index in [2.05, 4.69) is 83.6 Å². The van der Waals surface area contributed by atoms with Crippen LogP contribution in [-0.2, 0) is 12.8 Å². The Kier molecular flexibility index (Phi) is 7.13. The third-order valence-corrected chi connectivity index (χ3v) is 8.43. The molecule has 0 aromatic carbocycles. The number of hydrogen-bond donors (Lipinski definition) is 2. The van der Waals surface area contributed by atoms with Gasteiger partial charge in [-0.2, -0.15) is 0 Å². The van der Waals surface area contributed by atoms with Crippen molar-refractivity contribution in [3.05, 3.63) is 63.5 Å². The third kappa shape index (κ3) is 4.13. The Bertz CT molecular complexity index is 1520. The van der Waals surface area contributed by atoms with Gasteiger partial charge in [-0.1, -0.05) is 41.5 Å². The van der Waals surface area contributed by atoms with Crippen LogP contribution < -0.4 is 0 Å². The predicted octanol–water partition coefficient (Wildman–Crippen LogP) is 8.91. The standard InChI is InChI=1S/C33H41N5/c1-9-20-18(7)26-15-30-22(11-3)24(13-5)32(36-30)38-33-25(14-6)23(12-4)31(37-33)16-27-19(8)21(10-2)29(35-27)17-28(20)34-26/h15-17,34-35H,9-14H2,1-8H3. The highest BCUT2D eigenvalue weighted by Gasteiger charge is 2.23. The molecule has 2 N–H and O–H groups in total. The first-order valence-corrected chi connectivity index (χ1v) is 14.4. The van der Waals surface area contributed by atoms with E-state index in [-0.39, 0.29) is 0 Å². The molecule has 0 radical (unpaired) electrons. The lowest BCUT2D eigenvalue weighted by Crippen LogP contribution is -1.92. The van der Waals surface area contributed by atoms with Crippen molar-refractivity contribution in [3.63, 3.8) is 0 Å². The number of hydrogen-bond acceptors (Lipinski definition) is 3. The predicted molar refractivity (Wildman–Crippen MR) is 162 cm³/mol. The van der Waals surface area contributed by atoms with Crippen molar-refractivity contribution in [1.82, 2.24) is 24.9 Å². The van der Waals surface area contributed by atoms with E-state index in [0.29, 0.717) is 0 Å². The van der Waals surface area contributed by atoms with Crippen LogP contribution in [0, 0.1) is 13.8 Å². The molecular formula is C33H41N5. The Morgan fingerprint density at radius 1 is 0.474 bits per heavy atom. The normalized spacial score (nSPS) is 13.7. The fourth-order valence-corrected chi connectivity index (χ4v) is 6.36. The molecule has 0 saturated heterocycles. The molecule has 3 aromatic rings. The molecule has 0 amide bonds. The molecule has 3 aromatic heterocycles. The molecule has 2 aliphatic heterocycles. The Morgan fingerprint density at radius 3 is 1.21 bits per heavy atom. The quantitative estimate of drug-likeness (QED) is 0.350. The van der Waals surface area contributed by atoms with Gasteiger partial charge in [0, 0.05) is 33.2 Å². The summed E-state index contributed by atoms with van der Waals surface area (Å²) in [6.07, 6.45) is 5.59. The van der Waals surface area contributed by atoms with Gasteiger partial charge in [-0.05, 0) is 104 Å². The lowest BCUT2D eigenvalue weighted by molar-refractivity contribution is 1.05. The van der Waals surface area contributed by atoms with Gasteiger partial charge in [0.15, 0.2) is 11.6 Å². The monoisotopic (exact) mass is 507 g/mol. The van der Waals surface area contributed by atoms with Crippen molar-refractivity contribution < 1.29 is 0 Å². The van der Waals surface area contributed by atoms with E-state index in [1.807, 2.05) is 0 Å². The molecule has 198 valence electrons. The van der Waals surface area contributed by atoms with Crippen LogP contribution in [0.1, 0.15) is 113 Å². The number of aromatic nitrogens is 5. The molecule has 5 nitrogen and oxygen atoms in total. The van der Waals surface area contributed by atoms with E-state index < -0.39 is 0 Å². The molecule has 2 aliphatic rings. The third-order valence-electron chi connectivity index (χ3n) is 8.43. The van der Waals surface area contributed by atoms with Crippen molar-refractivity contribution >= 4 is 44.4 Å². The van der Waals surface area contributed by atoms with E-state index in [1.165, 1.54) is 55.6 Å². The summed E-state index contributed by atoms with van der Waals surface area (Å²) in [5.41, 5.74) is 17.0. The minimum absolute atomic E-state index is 0.822.